The summed E-state index contributed by atoms with van der Waals surface area (Å²) in [6, 6.07) is 20.9. The molecule has 0 bridgehead atoms. The van der Waals surface area contributed by atoms with Crippen LogP contribution in [-0.4, -0.2) is 38.6 Å². The lowest BCUT2D eigenvalue weighted by molar-refractivity contribution is -0.117. The first-order valence-electron chi connectivity index (χ1n) is 10.0. The third-order valence-corrected chi connectivity index (χ3v) is 4.72. The molecule has 0 atom stereocenters. The van der Waals surface area contributed by atoms with E-state index in [1.54, 1.807) is 14.2 Å². The minimum atomic E-state index is -0.122. The summed E-state index contributed by atoms with van der Waals surface area (Å²) in [5, 5.41) is 2.95. The second-order valence-electron chi connectivity index (χ2n) is 7.32. The SMILES string of the molecule is COc1ccc(CN(C)CC(=O)Nc2ccccc2Oc2ccc(C)cc2)cc1OC. The summed E-state index contributed by atoms with van der Waals surface area (Å²) in [5.74, 6) is 2.54. The van der Waals surface area contributed by atoms with Gasteiger partial charge in [0.15, 0.2) is 17.2 Å². The van der Waals surface area contributed by atoms with Gasteiger partial charge in [-0.3, -0.25) is 9.69 Å². The van der Waals surface area contributed by atoms with Crippen molar-refractivity contribution in [2.75, 3.05) is 33.1 Å². The molecule has 0 saturated carbocycles. The number of aryl methyl sites for hydroxylation is 1. The van der Waals surface area contributed by atoms with Gasteiger partial charge in [-0.25, -0.2) is 0 Å². The molecule has 0 unspecified atom stereocenters. The molecule has 3 aromatic carbocycles. The molecule has 3 aromatic rings. The Hall–Kier alpha value is -3.51. The number of nitrogens with one attached hydrogen (secondary N) is 1. The summed E-state index contributed by atoms with van der Waals surface area (Å²) in [6.45, 7) is 2.85. The van der Waals surface area contributed by atoms with Crippen LogP contribution < -0.4 is 19.5 Å². The van der Waals surface area contributed by atoms with Gasteiger partial charge in [-0.15, -0.1) is 0 Å². The highest BCUT2D eigenvalue weighted by molar-refractivity contribution is 5.93. The molecule has 1 N–H and O–H groups in total. The van der Waals surface area contributed by atoms with Gasteiger partial charge in [0.2, 0.25) is 5.91 Å². The minimum Gasteiger partial charge on any atom is -0.493 e. The number of benzene rings is 3. The van der Waals surface area contributed by atoms with E-state index in [2.05, 4.69) is 5.32 Å². The second kappa shape index (κ2) is 10.5. The van der Waals surface area contributed by atoms with Crippen molar-refractivity contribution in [2.24, 2.45) is 0 Å². The first-order chi connectivity index (χ1) is 15.0. The van der Waals surface area contributed by atoms with Crippen LogP contribution in [0.3, 0.4) is 0 Å². The molecule has 3 rings (SSSR count). The first-order valence-corrected chi connectivity index (χ1v) is 10.0. The van der Waals surface area contributed by atoms with Crippen LogP contribution in [0, 0.1) is 6.92 Å². The smallest absolute Gasteiger partial charge is 0.238 e. The first kappa shape index (κ1) is 22.2. The van der Waals surface area contributed by atoms with Crippen molar-refractivity contribution in [2.45, 2.75) is 13.5 Å². The molecular weight excluding hydrogens is 392 g/mol. The largest absolute Gasteiger partial charge is 0.493 e. The lowest BCUT2D eigenvalue weighted by atomic mass is 10.2. The maximum absolute atomic E-state index is 12.6. The number of rotatable bonds is 9. The molecule has 6 heteroatoms. The van der Waals surface area contributed by atoms with Gasteiger partial charge in [-0.2, -0.15) is 0 Å². The molecule has 0 aliphatic carbocycles. The number of carbonyl (C=O) groups excluding carboxylic acids is 1. The normalized spacial score (nSPS) is 10.6. The zero-order valence-electron chi connectivity index (χ0n) is 18.3. The van der Waals surface area contributed by atoms with Crippen LogP contribution in [0.15, 0.2) is 66.7 Å². The fourth-order valence-corrected chi connectivity index (χ4v) is 3.17. The van der Waals surface area contributed by atoms with E-state index in [4.69, 9.17) is 14.2 Å². The Morgan fingerprint density at radius 1 is 0.903 bits per heavy atom. The molecule has 1 amide bonds. The van der Waals surface area contributed by atoms with Crippen LogP contribution in [0.4, 0.5) is 5.69 Å². The van der Waals surface area contributed by atoms with Crippen molar-refractivity contribution < 1.29 is 19.0 Å². The van der Waals surface area contributed by atoms with E-state index in [1.807, 2.05) is 85.6 Å². The summed E-state index contributed by atoms with van der Waals surface area (Å²) < 4.78 is 16.6. The topological polar surface area (TPSA) is 60.0 Å². The molecule has 0 fully saturated rings. The highest BCUT2D eigenvalue weighted by Crippen LogP contribution is 2.30. The number of hydrogen-bond donors (Lipinski definition) is 1. The highest BCUT2D eigenvalue weighted by Gasteiger charge is 2.12. The number of amides is 1. The number of nitrogens with zero attached hydrogens (tertiary/aromatic N) is 1. The lowest BCUT2D eigenvalue weighted by Crippen LogP contribution is -2.29. The van der Waals surface area contributed by atoms with Crippen molar-refractivity contribution >= 4 is 11.6 Å². The van der Waals surface area contributed by atoms with Gasteiger partial charge in [0.1, 0.15) is 5.75 Å². The highest BCUT2D eigenvalue weighted by atomic mass is 16.5. The van der Waals surface area contributed by atoms with E-state index < -0.39 is 0 Å². The van der Waals surface area contributed by atoms with Crippen LogP contribution in [0.25, 0.3) is 0 Å². The van der Waals surface area contributed by atoms with Crippen molar-refractivity contribution in [3.63, 3.8) is 0 Å². The summed E-state index contributed by atoms with van der Waals surface area (Å²) in [4.78, 5) is 14.6. The van der Waals surface area contributed by atoms with E-state index in [1.165, 1.54) is 0 Å². The minimum absolute atomic E-state index is 0.122. The number of methoxy groups -OCH3 is 2. The Morgan fingerprint density at radius 3 is 2.32 bits per heavy atom. The molecule has 0 radical (unpaired) electrons. The van der Waals surface area contributed by atoms with Crippen molar-refractivity contribution in [1.29, 1.82) is 0 Å². The predicted molar refractivity (Wildman–Crippen MR) is 122 cm³/mol. The number of anilines is 1. The third-order valence-electron chi connectivity index (χ3n) is 4.72. The van der Waals surface area contributed by atoms with Crippen LogP contribution >= 0.6 is 0 Å². The standard InChI is InChI=1S/C25H28N2O4/c1-18-9-12-20(13-10-18)31-22-8-6-5-7-21(22)26-25(28)17-27(2)16-19-11-14-23(29-3)24(15-19)30-4/h5-15H,16-17H2,1-4H3,(H,26,28). The Labute approximate surface area is 183 Å². The lowest BCUT2D eigenvalue weighted by Gasteiger charge is -2.18. The fourth-order valence-electron chi connectivity index (χ4n) is 3.17. The molecule has 31 heavy (non-hydrogen) atoms. The molecular formula is C25H28N2O4. The summed E-state index contributed by atoms with van der Waals surface area (Å²) in [7, 11) is 5.11. The van der Waals surface area contributed by atoms with Gasteiger partial charge in [0.25, 0.3) is 0 Å². The maximum atomic E-state index is 12.6. The molecule has 6 nitrogen and oxygen atoms in total. The van der Waals surface area contributed by atoms with Gasteiger partial charge in [0.05, 0.1) is 26.5 Å². The molecule has 0 aromatic heterocycles. The monoisotopic (exact) mass is 420 g/mol. The van der Waals surface area contributed by atoms with Gasteiger partial charge < -0.3 is 19.5 Å². The van der Waals surface area contributed by atoms with Crippen LogP contribution in [0.1, 0.15) is 11.1 Å². The quantitative estimate of drug-likeness (QED) is 0.535. The Bertz CT molecular complexity index is 1020. The maximum Gasteiger partial charge on any atom is 0.238 e. The Kier molecular flexibility index (Phi) is 7.51. The van der Waals surface area contributed by atoms with Gasteiger partial charge in [-0.05, 0) is 55.9 Å². The second-order valence-corrected chi connectivity index (χ2v) is 7.32. The summed E-state index contributed by atoms with van der Waals surface area (Å²) in [6.07, 6.45) is 0. The molecule has 0 saturated heterocycles. The number of para-hydroxylation sites is 2. The number of likely N-dealkylation sites (N-methyl/N-ethyl adjacent to an activating group) is 1. The van der Waals surface area contributed by atoms with Gasteiger partial charge in [0, 0.05) is 6.54 Å². The zero-order chi connectivity index (χ0) is 22.2. The fraction of sp³-hybridized carbons (Fsp3) is 0.240. The van der Waals surface area contributed by atoms with E-state index in [0.717, 1.165) is 16.9 Å². The molecule has 0 aliphatic heterocycles. The van der Waals surface area contributed by atoms with Crippen LogP contribution in [0.2, 0.25) is 0 Å². The number of carbonyl (C=O) groups is 1. The Morgan fingerprint density at radius 2 is 1.61 bits per heavy atom. The van der Waals surface area contributed by atoms with Gasteiger partial charge >= 0.3 is 0 Å². The van der Waals surface area contributed by atoms with Gasteiger partial charge in [-0.1, -0.05) is 35.9 Å². The average Bonchev–Trinajstić information content (AvgIpc) is 2.76. The number of ether oxygens (including phenoxy) is 3. The van der Waals surface area contributed by atoms with E-state index in [9.17, 15) is 4.79 Å². The summed E-state index contributed by atoms with van der Waals surface area (Å²) in [5.41, 5.74) is 2.81. The van der Waals surface area contributed by atoms with E-state index >= 15 is 0 Å². The average molecular weight is 421 g/mol. The van der Waals surface area contributed by atoms with Crippen LogP contribution in [-0.2, 0) is 11.3 Å². The Balaban J connectivity index is 1.61. The molecule has 0 heterocycles. The summed E-state index contributed by atoms with van der Waals surface area (Å²) >= 11 is 0. The molecule has 162 valence electrons. The zero-order valence-corrected chi connectivity index (χ0v) is 18.3. The van der Waals surface area contributed by atoms with Crippen molar-refractivity contribution in [3.8, 4) is 23.0 Å². The van der Waals surface area contributed by atoms with Crippen molar-refractivity contribution in [3.05, 3.63) is 77.9 Å². The predicted octanol–water partition coefficient (Wildman–Crippen LogP) is 4.88. The van der Waals surface area contributed by atoms with E-state index in [0.29, 0.717) is 29.5 Å². The number of hydrogen-bond acceptors (Lipinski definition) is 5. The third kappa shape index (κ3) is 6.23. The van der Waals surface area contributed by atoms with Crippen molar-refractivity contribution in [1.82, 2.24) is 4.90 Å². The van der Waals surface area contributed by atoms with E-state index in [-0.39, 0.29) is 12.5 Å². The van der Waals surface area contributed by atoms with Crippen LogP contribution in [0.5, 0.6) is 23.0 Å². The molecule has 0 spiro atoms. The molecule has 0 aliphatic rings.